The number of anilines is 1. The van der Waals surface area contributed by atoms with Crippen LogP contribution in [0.1, 0.15) is 88.8 Å². The molecule has 1 aliphatic heterocycles. The molecule has 49 heavy (non-hydrogen) atoms. The molecular formula is C38H47ClN4O6. The minimum absolute atomic E-state index is 0.0661. The number of nitrogens with zero attached hydrogens (tertiary/aromatic N) is 2. The van der Waals surface area contributed by atoms with Crippen molar-refractivity contribution in [2.24, 2.45) is 11.3 Å². The van der Waals surface area contributed by atoms with Crippen molar-refractivity contribution in [3.05, 3.63) is 75.1 Å². The van der Waals surface area contributed by atoms with E-state index in [4.69, 9.17) is 16.0 Å². The summed E-state index contributed by atoms with van der Waals surface area (Å²) < 4.78 is 5.85. The van der Waals surface area contributed by atoms with E-state index in [0.29, 0.717) is 36.6 Å². The summed E-state index contributed by atoms with van der Waals surface area (Å²) in [6, 6.07) is 11.9. The van der Waals surface area contributed by atoms with Gasteiger partial charge in [0.2, 0.25) is 17.7 Å². The van der Waals surface area contributed by atoms with Crippen LogP contribution in [0.2, 0.25) is 5.02 Å². The van der Waals surface area contributed by atoms with Crippen molar-refractivity contribution in [1.82, 2.24) is 15.5 Å². The Balaban J connectivity index is 1.38. The van der Waals surface area contributed by atoms with Gasteiger partial charge in [0.05, 0.1) is 10.8 Å². The van der Waals surface area contributed by atoms with E-state index in [2.05, 4.69) is 10.6 Å². The Morgan fingerprint density at radius 3 is 2.27 bits per heavy atom. The molecule has 2 heterocycles. The number of rotatable bonds is 8. The lowest BCUT2D eigenvalue weighted by molar-refractivity contribution is -0.147. The molecule has 1 saturated heterocycles. The highest BCUT2D eigenvalue weighted by atomic mass is 35.5. The molecule has 11 heteroatoms. The molecule has 3 aromatic rings. The van der Waals surface area contributed by atoms with Crippen LogP contribution in [0, 0.1) is 11.3 Å². The van der Waals surface area contributed by atoms with Gasteiger partial charge >= 0.3 is 0 Å². The molecule has 4 amide bonds. The summed E-state index contributed by atoms with van der Waals surface area (Å²) in [6.07, 6.45) is 6.69. The molecule has 1 saturated carbocycles. The summed E-state index contributed by atoms with van der Waals surface area (Å²) in [4.78, 5) is 69.8. The van der Waals surface area contributed by atoms with Crippen LogP contribution in [0.25, 0.3) is 11.0 Å². The fraction of sp³-hybridized carbons (Fsp3) is 0.500. The summed E-state index contributed by atoms with van der Waals surface area (Å²) in [6.45, 7) is 8.17. The van der Waals surface area contributed by atoms with E-state index in [1.165, 1.54) is 18.2 Å². The molecule has 2 N–H and O–H groups in total. The molecule has 5 rings (SSSR count). The Labute approximate surface area is 292 Å². The van der Waals surface area contributed by atoms with Gasteiger partial charge in [-0.25, -0.2) is 0 Å². The minimum atomic E-state index is -0.966. The number of hydrogen-bond donors (Lipinski definition) is 2. The summed E-state index contributed by atoms with van der Waals surface area (Å²) >= 11 is 6.12. The first-order valence-corrected chi connectivity index (χ1v) is 17.5. The highest BCUT2D eigenvalue weighted by Crippen LogP contribution is 2.46. The number of halogens is 1. The zero-order valence-corrected chi connectivity index (χ0v) is 29.8. The topological polar surface area (TPSA) is 129 Å². The number of piperidine rings is 1. The number of carbonyl (C=O) groups excluding carboxylic acids is 4. The largest absolute Gasteiger partial charge is 0.451 e. The first-order chi connectivity index (χ1) is 23.2. The van der Waals surface area contributed by atoms with Gasteiger partial charge in [0.15, 0.2) is 11.2 Å². The fourth-order valence-corrected chi connectivity index (χ4v) is 7.35. The van der Waals surface area contributed by atoms with Gasteiger partial charge in [-0.1, -0.05) is 43.0 Å². The van der Waals surface area contributed by atoms with E-state index in [1.54, 1.807) is 42.3 Å². The number of hydrogen-bond acceptors (Lipinski definition) is 6. The summed E-state index contributed by atoms with van der Waals surface area (Å²) in [5.41, 5.74) is 0.126. The molecule has 262 valence electrons. The maximum atomic E-state index is 14.2. The van der Waals surface area contributed by atoms with E-state index in [9.17, 15) is 24.0 Å². The van der Waals surface area contributed by atoms with Crippen LogP contribution in [0.4, 0.5) is 5.69 Å². The van der Waals surface area contributed by atoms with Gasteiger partial charge in [-0.3, -0.25) is 24.0 Å². The van der Waals surface area contributed by atoms with E-state index in [1.807, 2.05) is 32.9 Å². The lowest BCUT2D eigenvalue weighted by Gasteiger charge is -2.48. The average Bonchev–Trinajstić information content (AvgIpc) is 3.07. The molecular weight excluding hydrogens is 644 g/mol. The Bertz CT molecular complexity index is 1770. The van der Waals surface area contributed by atoms with Crippen molar-refractivity contribution in [2.45, 2.75) is 90.6 Å². The van der Waals surface area contributed by atoms with Crippen molar-refractivity contribution in [1.29, 1.82) is 0 Å². The quantitative estimate of drug-likeness (QED) is 0.304. The predicted octanol–water partition coefficient (Wildman–Crippen LogP) is 5.87. The lowest BCUT2D eigenvalue weighted by atomic mass is 9.63. The van der Waals surface area contributed by atoms with Crippen LogP contribution in [-0.4, -0.2) is 60.2 Å². The Morgan fingerprint density at radius 2 is 1.65 bits per heavy atom. The molecule has 2 aliphatic rings. The van der Waals surface area contributed by atoms with Crippen LogP contribution in [0.3, 0.4) is 0 Å². The molecule has 1 atom stereocenters. The third-order valence-electron chi connectivity index (χ3n) is 10.0. The average molecular weight is 691 g/mol. The highest BCUT2D eigenvalue weighted by Gasteiger charge is 2.49. The second-order valence-corrected chi connectivity index (χ2v) is 15.0. The fourth-order valence-electron chi connectivity index (χ4n) is 7.22. The molecule has 10 nitrogen and oxygen atoms in total. The first kappa shape index (κ1) is 36.1. The van der Waals surface area contributed by atoms with E-state index in [-0.39, 0.29) is 52.3 Å². The Hall–Kier alpha value is -4.18. The summed E-state index contributed by atoms with van der Waals surface area (Å²) in [7, 11) is 1.60. The van der Waals surface area contributed by atoms with Gasteiger partial charge in [-0.05, 0) is 88.3 Å². The van der Waals surface area contributed by atoms with Crippen molar-refractivity contribution in [3.63, 3.8) is 0 Å². The third kappa shape index (κ3) is 8.35. The number of likely N-dealkylation sites (tertiary alicyclic amines) is 1. The van der Waals surface area contributed by atoms with Gasteiger partial charge in [-0.2, -0.15) is 0 Å². The van der Waals surface area contributed by atoms with Crippen molar-refractivity contribution < 1.29 is 23.6 Å². The lowest BCUT2D eigenvalue weighted by Crippen LogP contribution is -2.59. The predicted molar refractivity (Wildman–Crippen MR) is 191 cm³/mol. The molecule has 1 aromatic heterocycles. The van der Waals surface area contributed by atoms with Crippen LogP contribution in [-0.2, 0) is 20.8 Å². The molecule has 0 radical (unpaired) electrons. The zero-order chi connectivity index (χ0) is 35.5. The van der Waals surface area contributed by atoms with Gasteiger partial charge in [0.1, 0.15) is 11.6 Å². The second-order valence-electron chi connectivity index (χ2n) is 14.6. The van der Waals surface area contributed by atoms with Crippen molar-refractivity contribution >= 4 is 51.9 Å². The molecule has 0 bridgehead atoms. The summed E-state index contributed by atoms with van der Waals surface area (Å²) in [5.74, 6) is -1.06. The van der Waals surface area contributed by atoms with Crippen LogP contribution >= 0.6 is 11.6 Å². The normalized spacial score (nSPS) is 17.3. The molecule has 1 aliphatic carbocycles. The van der Waals surface area contributed by atoms with Gasteiger partial charge in [0.25, 0.3) is 5.91 Å². The third-order valence-corrected chi connectivity index (χ3v) is 10.3. The molecule has 2 fully saturated rings. The van der Waals surface area contributed by atoms with E-state index in [0.717, 1.165) is 37.3 Å². The molecule has 2 aromatic carbocycles. The Kier molecular flexibility index (Phi) is 10.9. The minimum Gasteiger partial charge on any atom is -0.451 e. The standard InChI is InChI=1S/C38H47ClN4O6/c1-24(44)42(5)28-15-16-32-29(22-28)31(45)23-33(49-32)34(46)40-30(21-25-11-13-27(39)14-12-25)35(47)43-19-17-38(18-20-43,26-9-7-6-8-10-26)36(48)41-37(2,3)4/h11-16,22-23,26,30H,6-10,17-21H2,1-5H3,(H,40,46)(H,41,48)/t30-/m1/s1. The van der Waals surface area contributed by atoms with Crippen LogP contribution in [0.15, 0.2) is 57.7 Å². The van der Waals surface area contributed by atoms with Gasteiger partial charge in [-0.15, -0.1) is 0 Å². The molecule has 0 spiro atoms. The monoisotopic (exact) mass is 690 g/mol. The SMILES string of the molecule is CC(=O)N(C)c1ccc2oc(C(=O)N[C@H](Cc3ccc(Cl)cc3)C(=O)N3CCC(C(=O)NC(C)(C)C)(C4CCCCC4)CC3)cc(=O)c2c1. The number of carbonyl (C=O) groups is 4. The zero-order valence-electron chi connectivity index (χ0n) is 29.1. The molecule has 0 unspecified atom stereocenters. The van der Waals surface area contributed by atoms with Crippen LogP contribution in [0.5, 0.6) is 0 Å². The number of amides is 4. The van der Waals surface area contributed by atoms with Gasteiger partial charge < -0.3 is 24.9 Å². The second kappa shape index (κ2) is 14.7. The van der Waals surface area contributed by atoms with Crippen LogP contribution < -0.4 is 21.0 Å². The van der Waals surface area contributed by atoms with E-state index < -0.39 is 22.8 Å². The van der Waals surface area contributed by atoms with Crippen molar-refractivity contribution in [2.75, 3.05) is 25.0 Å². The maximum Gasteiger partial charge on any atom is 0.287 e. The number of benzene rings is 2. The van der Waals surface area contributed by atoms with Crippen molar-refractivity contribution in [3.8, 4) is 0 Å². The smallest absolute Gasteiger partial charge is 0.287 e. The number of nitrogens with one attached hydrogen (secondary N) is 2. The van der Waals surface area contributed by atoms with E-state index >= 15 is 0 Å². The highest BCUT2D eigenvalue weighted by molar-refractivity contribution is 6.30. The Morgan fingerprint density at radius 1 is 1.00 bits per heavy atom. The van der Waals surface area contributed by atoms with Gasteiger partial charge in [0, 0.05) is 55.8 Å². The first-order valence-electron chi connectivity index (χ1n) is 17.2. The maximum absolute atomic E-state index is 14.2. The number of fused-ring (bicyclic) bond motifs is 1. The summed E-state index contributed by atoms with van der Waals surface area (Å²) in [5, 5.41) is 6.86.